The molecule has 2 aromatic rings. The SMILES string of the molecule is O=S(=O)(Nc1ccc(NC2CCCCC2)nc1)c1ccc(F)cc1. The first kappa shape index (κ1) is 16.7. The molecule has 0 bridgehead atoms. The number of benzene rings is 1. The number of pyridine rings is 1. The highest BCUT2D eigenvalue weighted by molar-refractivity contribution is 7.92. The van der Waals surface area contributed by atoms with Gasteiger partial charge < -0.3 is 5.32 Å². The number of aromatic nitrogens is 1. The highest BCUT2D eigenvalue weighted by atomic mass is 32.2. The molecule has 0 aliphatic heterocycles. The Hall–Kier alpha value is -2.15. The van der Waals surface area contributed by atoms with E-state index in [1.165, 1.54) is 37.6 Å². The molecule has 1 aromatic heterocycles. The Kier molecular flexibility index (Phi) is 4.99. The molecule has 0 unspecified atom stereocenters. The fraction of sp³-hybridized carbons (Fsp3) is 0.353. The molecule has 3 rings (SSSR count). The van der Waals surface area contributed by atoms with Gasteiger partial charge in [0.05, 0.1) is 16.8 Å². The van der Waals surface area contributed by atoms with Gasteiger partial charge in [0.2, 0.25) is 0 Å². The summed E-state index contributed by atoms with van der Waals surface area (Å²) in [5, 5.41) is 3.38. The van der Waals surface area contributed by atoms with Gasteiger partial charge in [-0.25, -0.2) is 17.8 Å². The van der Waals surface area contributed by atoms with E-state index in [1.807, 2.05) is 0 Å². The van der Waals surface area contributed by atoms with E-state index < -0.39 is 15.8 Å². The molecule has 128 valence electrons. The van der Waals surface area contributed by atoms with Crippen LogP contribution in [0.25, 0.3) is 0 Å². The smallest absolute Gasteiger partial charge is 0.261 e. The van der Waals surface area contributed by atoms with Crippen molar-refractivity contribution in [1.82, 2.24) is 4.98 Å². The van der Waals surface area contributed by atoms with Gasteiger partial charge in [-0.15, -0.1) is 0 Å². The van der Waals surface area contributed by atoms with Crippen LogP contribution in [0.2, 0.25) is 0 Å². The van der Waals surface area contributed by atoms with Crippen LogP contribution in [0.1, 0.15) is 32.1 Å². The van der Waals surface area contributed by atoms with Crippen LogP contribution >= 0.6 is 0 Å². The summed E-state index contributed by atoms with van der Waals surface area (Å²) in [6.45, 7) is 0. The predicted octanol–water partition coefficient (Wildman–Crippen LogP) is 3.77. The number of halogens is 1. The Balaban J connectivity index is 1.66. The predicted molar refractivity (Wildman–Crippen MR) is 91.9 cm³/mol. The van der Waals surface area contributed by atoms with Crippen molar-refractivity contribution < 1.29 is 12.8 Å². The third-order valence-corrected chi connectivity index (χ3v) is 5.49. The fourth-order valence-corrected chi connectivity index (χ4v) is 3.87. The average Bonchev–Trinajstić information content (AvgIpc) is 2.58. The average molecular weight is 349 g/mol. The van der Waals surface area contributed by atoms with Crippen LogP contribution in [-0.4, -0.2) is 19.4 Å². The maximum absolute atomic E-state index is 12.9. The summed E-state index contributed by atoms with van der Waals surface area (Å²) >= 11 is 0. The van der Waals surface area contributed by atoms with Crippen molar-refractivity contribution in [3.05, 3.63) is 48.4 Å². The van der Waals surface area contributed by atoms with E-state index in [0.29, 0.717) is 11.7 Å². The van der Waals surface area contributed by atoms with Crippen LogP contribution in [0.5, 0.6) is 0 Å². The van der Waals surface area contributed by atoms with Gasteiger partial charge in [-0.1, -0.05) is 19.3 Å². The molecule has 1 aliphatic rings. The number of nitrogens with one attached hydrogen (secondary N) is 2. The van der Waals surface area contributed by atoms with Gasteiger partial charge in [-0.2, -0.15) is 0 Å². The number of sulfonamides is 1. The van der Waals surface area contributed by atoms with E-state index in [9.17, 15) is 12.8 Å². The minimum Gasteiger partial charge on any atom is -0.367 e. The molecular weight excluding hydrogens is 329 g/mol. The number of rotatable bonds is 5. The molecule has 1 fully saturated rings. The van der Waals surface area contributed by atoms with E-state index in [1.54, 1.807) is 12.1 Å². The van der Waals surface area contributed by atoms with E-state index in [2.05, 4.69) is 15.0 Å². The van der Waals surface area contributed by atoms with Gasteiger partial charge in [0.1, 0.15) is 11.6 Å². The van der Waals surface area contributed by atoms with Crippen LogP contribution < -0.4 is 10.0 Å². The molecule has 5 nitrogen and oxygen atoms in total. The van der Waals surface area contributed by atoms with E-state index in [4.69, 9.17) is 0 Å². The third kappa shape index (κ3) is 4.23. The summed E-state index contributed by atoms with van der Waals surface area (Å²) in [5.41, 5.74) is 0.369. The minimum absolute atomic E-state index is 0.00769. The first-order chi connectivity index (χ1) is 11.5. The van der Waals surface area contributed by atoms with Crippen LogP contribution in [0, 0.1) is 5.82 Å². The van der Waals surface area contributed by atoms with Crippen LogP contribution in [-0.2, 0) is 10.0 Å². The molecule has 2 N–H and O–H groups in total. The zero-order valence-electron chi connectivity index (χ0n) is 13.2. The summed E-state index contributed by atoms with van der Waals surface area (Å²) in [6.07, 6.45) is 7.50. The molecule has 1 heterocycles. The lowest BCUT2D eigenvalue weighted by atomic mass is 9.95. The monoisotopic (exact) mass is 349 g/mol. The van der Waals surface area contributed by atoms with Crippen molar-refractivity contribution in [1.29, 1.82) is 0 Å². The Morgan fingerprint density at radius 2 is 1.71 bits per heavy atom. The fourth-order valence-electron chi connectivity index (χ4n) is 2.82. The first-order valence-corrected chi connectivity index (χ1v) is 9.52. The molecule has 0 amide bonds. The molecule has 1 aliphatic carbocycles. The van der Waals surface area contributed by atoms with Crippen molar-refractivity contribution in [2.45, 2.75) is 43.0 Å². The molecule has 1 aromatic carbocycles. The zero-order chi connectivity index (χ0) is 17.0. The molecule has 1 saturated carbocycles. The Labute approximate surface area is 141 Å². The highest BCUT2D eigenvalue weighted by Crippen LogP contribution is 2.22. The van der Waals surface area contributed by atoms with Crippen LogP contribution in [0.15, 0.2) is 47.5 Å². The Bertz CT molecular complexity index is 770. The van der Waals surface area contributed by atoms with E-state index >= 15 is 0 Å². The maximum atomic E-state index is 12.9. The number of hydrogen-bond donors (Lipinski definition) is 2. The van der Waals surface area contributed by atoms with Crippen molar-refractivity contribution in [3.8, 4) is 0 Å². The van der Waals surface area contributed by atoms with E-state index in [0.717, 1.165) is 30.8 Å². The van der Waals surface area contributed by atoms with Crippen molar-refractivity contribution >= 4 is 21.5 Å². The molecule has 0 atom stereocenters. The Morgan fingerprint density at radius 1 is 1.00 bits per heavy atom. The van der Waals surface area contributed by atoms with Gasteiger partial charge in [0, 0.05) is 6.04 Å². The lowest BCUT2D eigenvalue weighted by molar-refractivity contribution is 0.462. The van der Waals surface area contributed by atoms with E-state index in [-0.39, 0.29) is 4.90 Å². The number of nitrogens with zero attached hydrogens (tertiary/aromatic N) is 1. The highest BCUT2D eigenvalue weighted by Gasteiger charge is 2.15. The van der Waals surface area contributed by atoms with Gasteiger partial charge in [-0.05, 0) is 49.2 Å². The molecule has 0 spiro atoms. The third-order valence-electron chi connectivity index (χ3n) is 4.10. The second-order valence-corrected chi connectivity index (χ2v) is 7.65. The lowest BCUT2D eigenvalue weighted by Gasteiger charge is -2.23. The second kappa shape index (κ2) is 7.17. The number of anilines is 2. The molecule has 7 heteroatoms. The van der Waals surface area contributed by atoms with Crippen LogP contribution in [0.4, 0.5) is 15.9 Å². The topological polar surface area (TPSA) is 71.1 Å². The van der Waals surface area contributed by atoms with Gasteiger partial charge in [0.15, 0.2) is 0 Å². The normalized spacial score (nSPS) is 15.9. The quantitative estimate of drug-likeness (QED) is 0.862. The lowest BCUT2D eigenvalue weighted by Crippen LogP contribution is -2.22. The summed E-state index contributed by atoms with van der Waals surface area (Å²) in [7, 11) is -3.75. The van der Waals surface area contributed by atoms with Crippen molar-refractivity contribution in [2.75, 3.05) is 10.0 Å². The zero-order valence-corrected chi connectivity index (χ0v) is 14.0. The second-order valence-electron chi connectivity index (χ2n) is 5.97. The van der Waals surface area contributed by atoms with Gasteiger partial charge >= 0.3 is 0 Å². The summed E-state index contributed by atoms with van der Waals surface area (Å²) in [6, 6.07) is 8.55. The summed E-state index contributed by atoms with van der Waals surface area (Å²) < 4.78 is 39.8. The molecule has 24 heavy (non-hydrogen) atoms. The summed E-state index contributed by atoms with van der Waals surface area (Å²) in [4.78, 5) is 4.27. The number of hydrogen-bond acceptors (Lipinski definition) is 4. The standard InChI is InChI=1S/C17H20FN3O2S/c18-13-6-9-16(10-7-13)24(22,23)21-15-8-11-17(19-12-15)20-14-4-2-1-3-5-14/h6-12,14,21H,1-5H2,(H,19,20). The molecular formula is C17H20FN3O2S. The van der Waals surface area contributed by atoms with Gasteiger partial charge in [-0.3, -0.25) is 4.72 Å². The van der Waals surface area contributed by atoms with Crippen LogP contribution in [0.3, 0.4) is 0 Å². The first-order valence-electron chi connectivity index (χ1n) is 8.04. The maximum Gasteiger partial charge on any atom is 0.261 e. The minimum atomic E-state index is -3.75. The molecule has 0 radical (unpaired) electrons. The van der Waals surface area contributed by atoms with Crippen molar-refractivity contribution in [2.24, 2.45) is 0 Å². The van der Waals surface area contributed by atoms with Gasteiger partial charge in [0.25, 0.3) is 10.0 Å². The largest absolute Gasteiger partial charge is 0.367 e. The molecule has 0 saturated heterocycles. The Morgan fingerprint density at radius 3 is 2.33 bits per heavy atom. The summed E-state index contributed by atoms with van der Waals surface area (Å²) in [5.74, 6) is 0.264. The van der Waals surface area contributed by atoms with Crippen molar-refractivity contribution in [3.63, 3.8) is 0 Å².